The molecule has 0 saturated heterocycles. The number of aromatic nitrogens is 2. The maximum absolute atomic E-state index is 12.8. The summed E-state index contributed by atoms with van der Waals surface area (Å²) in [6, 6.07) is 19.2. The number of carbonyl (C=O) groups excluding carboxylic acids is 2. The molecule has 0 fully saturated rings. The quantitative estimate of drug-likeness (QED) is 0.645. The van der Waals surface area contributed by atoms with Gasteiger partial charge in [-0.05, 0) is 25.0 Å². The first kappa shape index (κ1) is 20.3. The van der Waals surface area contributed by atoms with Gasteiger partial charge in [-0.1, -0.05) is 60.2 Å². The molecule has 1 aromatic heterocycles. The first-order valence-electron chi connectivity index (χ1n) is 9.62. The molecule has 6 nitrogen and oxygen atoms in total. The molecule has 0 spiro atoms. The molecule has 1 unspecified atom stereocenters. The summed E-state index contributed by atoms with van der Waals surface area (Å²) in [6.45, 7) is 5.92. The summed E-state index contributed by atoms with van der Waals surface area (Å²) < 4.78 is 1.78. The summed E-state index contributed by atoms with van der Waals surface area (Å²) >= 11 is 0. The van der Waals surface area contributed by atoms with Crippen molar-refractivity contribution in [1.82, 2.24) is 15.1 Å². The lowest BCUT2D eigenvalue weighted by atomic mass is 10.0. The molecule has 1 atom stereocenters. The third-order valence-corrected chi connectivity index (χ3v) is 4.59. The number of benzene rings is 2. The number of amides is 2. The Bertz CT molecular complexity index is 978. The summed E-state index contributed by atoms with van der Waals surface area (Å²) in [6.07, 6.45) is 0.137. The minimum absolute atomic E-state index is 0.137. The van der Waals surface area contributed by atoms with E-state index >= 15 is 0 Å². The molecule has 3 aromatic rings. The van der Waals surface area contributed by atoms with E-state index in [0.717, 1.165) is 22.4 Å². The third-order valence-electron chi connectivity index (χ3n) is 4.59. The molecule has 0 aliphatic carbocycles. The van der Waals surface area contributed by atoms with E-state index in [1.165, 1.54) is 6.92 Å². The molecular weight excluding hydrogens is 364 g/mol. The minimum Gasteiger partial charge on any atom is -0.349 e. The van der Waals surface area contributed by atoms with Gasteiger partial charge in [0.05, 0.1) is 24.7 Å². The van der Waals surface area contributed by atoms with Gasteiger partial charge in [0, 0.05) is 13.0 Å². The fourth-order valence-corrected chi connectivity index (χ4v) is 3.20. The van der Waals surface area contributed by atoms with Crippen molar-refractivity contribution in [3.05, 3.63) is 83.0 Å². The highest BCUT2D eigenvalue weighted by Gasteiger charge is 2.18. The van der Waals surface area contributed by atoms with E-state index in [2.05, 4.69) is 15.7 Å². The fraction of sp³-hybridized carbons (Fsp3) is 0.261. The van der Waals surface area contributed by atoms with Gasteiger partial charge in [0.1, 0.15) is 5.82 Å². The largest absolute Gasteiger partial charge is 0.349 e. The SMILES string of the molecule is CC(=O)NC(CC(=O)Nc1cc(C)nn1Cc1ccccc1)c1ccc(C)cc1. The highest BCUT2D eigenvalue weighted by Crippen LogP contribution is 2.20. The Morgan fingerprint density at radius 1 is 1.03 bits per heavy atom. The second kappa shape index (κ2) is 9.19. The van der Waals surface area contributed by atoms with Crippen molar-refractivity contribution < 1.29 is 9.59 Å². The van der Waals surface area contributed by atoms with E-state index in [0.29, 0.717) is 12.4 Å². The van der Waals surface area contributed by atoms with Crippen LogP contribution in [0.25, 0.3) is 0 Å². The zero-order chi connectivity index (χ0) is 20.8. The lowest BCUT2D eigenvalue weighted by molar-refractivity contribution is -0.120. The number of hydrogen-bond donors (Lipinski definition) is 2. The van der Waals surface area contributed by atoms with E-state index in [4.69, 9.17) is 0 Å². The maximum atomic E-state index is 12.8. The highest BCUT2D eigenvalue weighted by molar-refractivity contribution is 5.91. The van der Waals surface area contributed by atoms with E-state index in [1.54, 1.807) is 4.68 Å². The van der Waals surface area contributed by atoms with Crippen molar-refractivity contribution in [3.8, 4) is 0 Å². The van der Waals surface area contributed by atoms with Crippen LogP contribution in [0.4, 0.5) is 5.82 Å². The van der Waals surface area contributed by atoms with Gasteiger partial charge in [-0.3, -0.25) is 9.59 Å². The molecule has 1 heterocycles. The van der Waals surface area contributed by atoms with E-state index in [-0.39, 0.29) is 24.3 Å². The molecule has 3 rings (SSSR count). The van der Waals surface area contributed by atoms with E-state index in [1.807, 2.05) is 74.5 Å². The van der Waals surface area contributed by atoms with Crippen LogP contribution >= 0.6 is 0 Å². The van der Waals surface area contributed by atoms with E-state index < -0.39 is 0 Å². The zero-order valence-corrected chi connectivity index (χ0v) is 17.0. The molecule has 0 aliphatic heterocycles. The van der Waals surface area contributed by atoms with Crippen LogP contribution in [0.1, 0.15) is 41.8 Å². The Balaban J connectivity index is 1.73. The molecule has 2 aromatic carbocycles. The fourth-order valence-electron chi connectivity index (χ4n) is 3.20. The van der Waals surface area contributed by atoms with Gasteiger partial charge in [0.2, 0.25) is 11.8 Å². The molecule has 150 valence electrons. The van der Waals surface area contributed by atoms with Crippen LogP contribution in [-0.2, 0) is 16.1 Å². The van der Waals surface area contributed by atoms with Gasteiger partial charge in [0.15, 0.2) is 0 Å². The average molecular weight is 390 g/mol. The van der Waals surface area contributed by atoms with Crippen LogP contribution < -0.4 is 10.6 Å². The molecular formula is C23H26N4O2. The van der Waals surface area contributed by atoms with Crippen LogP contribution in [0.5, 0.6) is 0 Å². The Kier molecular flexibility index (Phi) is 6.44. The monoisotopic (exact) mass is 390 g/mol. The lowest BCUT2D eigenvalue weighted by Crippen LogP contribution is -2.30. The van der Waals surface area contributed by atoms with Crippen molar-refractivity contribution in [1.29, 1.82) is 0 Å². The zero-order valence-electron chi connectivity index (χ0n) is 17.0. The van der Waals surface area contributed by atoms with Gasteiger partial charge >= 0.3 is 0 Å². The summed E-state index contributed by atoms with van der Waals surface area (Å²) in [4.78, 5) is 24.4. The van der Waals surface area contributed by atoms with Gasteiger partial charge in [-0.25, -0.2) is 4.68 Å². The van der Waals surface area contributed by atoms with Crippen LogP contribution in [-0.4, -0.2) is 21.6 Å². The number of carbonyl (C=O) groups is 2. The number of rotatable bonds is 7. The van der Waals surface area contributed by atoms with Crippen molar-refractivity contribution in [2.24, 2.45) is 0 Å². The molecule has 0 saturated carbocycles. The Labute approximate surface area is 170 Å². The van der Waals surface area contributed by atoms with Crippen molar-refractivity contribution in [3.63, 3.8) is 0 Å². The maximum Gasteiger partial charge on any atom is 0.227 e. The Hall–Kier alpha value is -3.41. The minimum atomic E-state index is -0.389. The van der Waals surface area contributed by atoms with Gasteiger partial charge in [0.25, 0.3) is 0 Å². The summed E-state index contributed by atoms with van der Waals surface area (Å²) in [5, 5.41) is 10.3. The van der Waals surface area contributed by atoms with Crippen LogP contribution in [0.3, 0.4) is 0 Å². The molecule has 2 N–H and O–H groups in total. The van der Waals surface area contributed by atoms with Crippen molar-refractivity contribution in [2.75, 3.05) is 5.32 Å². The predicted molar refractivity (Wildman–Crippen MR) is 113 cm³/mol. The number of hydrogen-bond acceptors (Lipinski definition) is 3. The van der Waals surface area contributed by atoms with Crippen LogP contribution in [0.2, 0.25) is 0 Å². The number of anilines is 1. The molecule has 0 radical (unpaired) electrons. The average Bonchev–Trinajstić information content (AvgIpc) is 3.01. The standard InChI is InChI=1S/C23H26N4O2/c1-16-9-11-20(12-10-16)21(24-18(3)28)14-23(29)25-22-13-17(2)26-27(22)15-19-7-5-4-6-8-19/h4-13,21H,14-15H2,1-3H3,(H,24,28)(H,25,29). The van der Waals surface area contributed by atoms with E-state index in [9.17, 15) is 9.59 Å². The highest BCUT2D eigenvalue weighted by atomic mass is 16.2. The molecule has 0 aliphatic rings. The number of aryl methyl sites for hydroxylation is 2. The molecule has 2 amide bonds. The molecule has 0 bridgehead atoms. The normalized spacial score (nSPS) is 11.7. The van der Waals surface area contributed by atoms with Crippen LogP contribution in [0, 0.1) is 13.8 Å². The molecule has 6 heteroatoms. The topological polar surface area (TPSA) is 76.0 Å². The third kappa shape index (κ3) is 5.78. The Morgan fingerprint density at radius 3 is 2.38 bits per heavy atom. The smallest absolute Gasteiger partial charge is 0.227 e. The van der Waals surface area contributed by atoms with Crippen molar-refractivity contribution in [2.45, 2.75) is 39.8 Å². The lowest BCUT2D eigenvalue weighted by Gasteiger charge is -2.18. The second-order valence-electron chi connectivity index (χ2n) is 7.23. The van der Waals surface area contributed by atoms with Crippen LogP contribution in [0.15, 0.2) is 60.7 Å². The molecule has 29 heavy (non-hydrogen) atoms. The summed E-state index contributed by atoms with van der Waals surface area (Å²) in [5.74, 6) is 0.286. The summed E-state index contributed by atoms with van der Waals surface area (Å²) in [7, 11) is 0. The summed E-state index contributed by atoms with van der Waals surface area (Å²) in [5.41, 5.74) is 3.95. The van der Waals surface area contributed by atoms with Crippen molar-refractivity contribution >= 4 is 17.6 Å². The Morgan fingerprint density at radius 2 is 1.72 bits per heavy atom. The first-order chi connectivity index (χ1) is 13.9. The van der Waals surface area contributed by atoms with Gasteiger partial charge < -0.3 is 10.6 Å². The first-order valence-corrected chi connectivity index (χ1v) is 9.62. The number of nitrogens with zero attached hydrogens (tertiary/aromatic N) is 2. The predicted octanol–water partition coefficient (Wildman–Crippen LogP) is 3.75. The number of nitrogens with one attached hydrogen (secondary N) is 2. The van der Waals surface area contributed by atoms with Gasteiger partial charge in [-0.2, -0.15) is 5.10 Å². The second-order valence-corrected chi connectivity index (χ2v) is 7.23. The van der Waals surface area contributed by atoms with Gasteiger partial charge in [-0.15, -0.1) is 0 Å².